The van der Waals surface area contributed by atoms with E-state index in [0.29, 0.717) is 13.2 Å². The van der Waals surface area contributed by atoms with Crippen molar-refractivity contribution < 1.29 is 37.1 Å². The molecule has 0 bridgehead atoms. The Morgan fingerprint density at radius 2 is 0.830 bits per heavy atom. The average Bonchev–Trinajstić information content (AvgIpc) is 3.62. The van der Waals surface area contributed by atoms with Crippen LogP contribution in [0.4, 0.5) is 0 Å². The van der Waals surface area contributed by atoms with Gasteiger partial charge in [0.25, 0.3) is 0 Å². The van der Waals surface area contributed by atoms with Crippen LogP contribution in [-0.4, -0.2) is 68.1 Å². The predicted molar refractivity (Wildman–Crippen MR) is 222 cm³/mol. The Labute approximate surface area is 351 Å². The zero-order chi connectivity index (χ0) is 36.9. The van der Waals surface area contributed by atoms with Gasteiger partial charge in [0, 0.05) is 0 Å². The minimum absolute atomic E-state index is 0. The van der Waals surface area contributed by atoms with Gasteiger partial charge in [-0.3, -0.25) is 0 Å². The Bertz CT molecular complexity index is 2240. The molecule has 264 valence electrons. The van der Waals surface area contributed by atoms with E-state index in [1.54, 1.807) is 0 Å². The fourth-order valence-electron chi connectivity index (χ4n) is 7.33. The Balaban J connectivity index is 0.000000178. The fraction of sp³-hybridized carbons (Fsp3) is 0.261. The number of hydrogen-bond donors (Lipinski definition) is 0. The van der Waals surface area contributed by atoms with Crippen LogP contribution < -0.4 is 8.92 Å². The normalized spacial score (nSPS) is 15.5. The topological polar surface area (TPSA) is 43.2 Å². The third kappa shape index (κ3) is 8.38. The third-order valence-corrected chi connectivity index (χ3v) is 10.8. The molecule has 6 aromatic rings. The van der Waals surface area contributed by atoms with Gasteiger partial charge >= 0.3 is 354 Å². The number of rotatable bonds is 4. The van der Waals surface area contributed by atoms with Gasteiger partial charge in [0.15, 0.2) is 0 Å². The first-order chi connectivity index (χ1) is 24.7. The standard InChI is InChI=1S/2C23H23NOSe.Hg/c2*1-14-9-15(2)11-17(10-14)20-18-8-6-5-7-16(18)12-19(26)21(20)22-24-23(3,4)13-25-22;/h2*5-12,26H,13H2,1-4H3;/q;;+2/p-2. The first-order valence-corrected chi connectivity index (χ1v) is 19.5. The molecule has 8 rings (SSSR count). The van der Waals surface area contributed by atoms with Gasteiger partial charge in [0.2, 0.25) is 0 Å². The van der Waals surface area contributed by atoms with Crippen molar-refractivity contribution >= 4 is 74.3 Å². The van der Waals surface area contributed by atoms with Crippen LogP contribution >= 0.6 is 0 Å². The molecule has 2 aliphatic heterocycles. The summed E-state index contributed by atoms with van der Waals surface area (Å²) in [6.07, 6.45) is 0. The third-order valence-electron chi connectivity index (χ3n) is 9.41. The molecule has 0 spiro atoms. The Kier molecular flexibility index (Phi) is 11.5. The summed E-state index contributed by atoms with van der Waals surface area (Å²) in [7, 11) is 0. The van der Waals surface area contributed by atoms with Gasteiger partial charge in [-0.25, -0.2) is 0 Å². The quantitative estimate of drug-likeness (QED) is 0.166. The van der Waals surface area contributed by atoms with E-state index in [2.05, 4.69) is 184 Å². The maximum absolute atomic E-state index is 6.04. The van der Waals surface area contributed by atoms with Gasteiger partial charge in [-0.2, -0.15) is 0 Å². The van der Waals surface area contributed by atoms with E-state index in [9.17, 15) is 0 Å². The molecule has 0 saturated carbocycles. The molecular weight excluding hydrogens is 971 g/mol. The van der Waals surface area contributed by atoms with Crippen molar-refractivity contribution in [3.8, 4) is 22.3 Å². The van der Waals surface area contributed by atoms with Crippen molar-refractivity contribution in [2.45, 2.75) is 66.5 Å². The minimum Gasteiger partial charge on any atom is 2.00 e. The molecule has 0 N–H and O–H groups in total. The van der Waals surface area contributed by atoms with Crippen molar-refractivity contribution in [2.24, 2.45) is 9.98 Å². The molecule has 6 aromatic carbocycles. The van der Waals surface area contributed by atoms with Crippen LogP contribution in [0.15, 0.2) is 107 Å². The summed E-state index contributed by atoms with van der Waals surface area (Å²) < 4.78 is 14.2. The minimum atomic E-state index is -0.187. The van der Waals surface area contributed by atoms with Crippen molar-refractivity contribution in [2.75, 3.05) is 13.2 Å². The predicted octanol–water partition coefficient (Wildman–Crippen LogP) is 8.94. The molecule has 7 heteroatoms. The van der Waals surface area contributed by atoms with E-state index in [0.717, 1.165) is 31.8 Å². The molecule has 0 aliphatic carbocycles. The number of hydrogen-bond acceptors (Lipinski definition) is 4. The Morgan fingerprint density at radius 1 is 0.491 bits per heavy atom. The molecule has 4 nitrogen and oxygen atoms in total. The van der Waals surface area contributed by atoms with Crippen molar-refractivity contribution in [1.82, 2.24) is 0 Å². The molecule has 0 fully saturated rings. The van der Waals surface area contributed by atoms with E-state index in [1.165, 1.54) is 66.1 Å². The van der Waals surface area contributed by atoms with Crippen LogP contribution in [0.2, 0.25) is 0 Å². The van der Waals surface area contributed by atoms with E-state index in [4.69, 9.17) is 19.5 Å². The summed E-state index contributed by atoms with van der Waals surface area (Å²) in [6.45, 7) is 18.2. The number of fused-ring (bicyclic) bond motifs is 2. The first kappa shape index (κ1) is 39.4. The Hall–Kier alpha value is -3.25. The van der Waals surface area contributed by atoms with Crippen LogP contribution in [0, 0.1) is 27.7 Å². The van der Waals surface area contributed by atoms with E-state index in [1.807, 2.05) is 0 Å². The second-order valence-electron chi connectivity index (χ2n) is 15.5. The molecular formula is C46H44HgN2O2Se2. The summed E-state index contributed by atoms with van der Waals surface area (Å²) in [5, 5.41) is 4.89. The zero-order valence-electron chi connectivity index (χ0n) is 31.9. The van der Waals surface area contributed by atoms with Gasteiger partial charge in [-0.05, 0) is 0 Å². The fourth-order valence-corrected chi connectivity index (χ4v) is 8.66. The summed E-state index contributed by atoms with van der Waals surface area (Å²) in [4.78, 5) is 9.73. The molecule has 0 saturated heterocycles. The second-order valence-corrected chi connectivity index (χ2v) is 17.3. The van der Waals surface area contributed by atoms with Crippen LogP contribution in [0.3, 0.4) is 0 Å². The van der Waals surface area contributed by atoms with Crippen LogP contribution in [0.1, 0.15) is 61.1 Å². The van der Waals surface area contributed by atoms with Crippen LogP contribution in [0.25, 0.3) is 43.8 Å². The Morgan fingerprint density at radius 3 is 1.15 bits per heavy atom. The summed E-state index contributed by atoms with van der Waals surface area (Å²) in [5.41, 5.74) is 11.6. The molecule has 0 amide bonds. The maximum atomic E-state index is 6.04. The van der Waals surface area contributed by atoms with Crippen LogP contribution in [0.5, 0.6) is 0 Å². The molecule has 0 unspecified atom stereocenters. The number of nitrogens with zero attached hydrogens (tertiary/aromatic N) is 2. The molecule has 2 aliphatic rings. The van der Waals surface area contributed by atoms with Gasteiger partial charge in [0.05, 0.1) is 0 Å². The number of aryl methyl sites for hydroxylation is 4. The summed E-state index contributed by atoms with van der Waals surface area (Å²) >= 11 is 6.49. The van der Waals surface area contributed by atoms with Crippen molar-refractivity contribution in [3.63, 3.8) is 0 Å². The molecule has 0 atom stereocenters. The SMILES string of the molecule is Cc1cc(C)cc(-c2c(C3=NC(C)(C)CO3)c([Se-])cc3ccccc23)c1.Cc1cc(C)cc(-c2c(C3=NC(C)(C)CO3)c([Se-])cc3ccccc23)c1.[Hg+2]. The largest absolute Gasteiger partial charge is 2.00 e. The van der Waals surface area contributed by atoms with Gasteiger partial charge in [-0.1, -0.05) is 0 Å². The van der Waals surface area contributed by atoms with Crippen molar-refractivity contribution in [3.05, 3.63) is 130 Å². The maximum Gasteiger partial charge on any atom is 2.00 e. The second kappa shape index (κ2) is 15.5. The number of aliphatic imine (C=N–C) groups is 2. The van der Waals surface area contributed by atoms with E-state index in [-0.39, 0.29) is 38.7 Å². The van der Waals surface area contributed by atoms with Crippen LogP contribution in [-0.2, 0) is 37.1 Å². The van der Waals surface area contributed by atoms with Gasteiger partial charge < -0.3 is 0 Å². The molecule has 2 heterocycles. The van der Waals surface area contributed by atoms with E-state index < -0.39 is 0 Å². The zero-order valence-corrected chi connectivity index (χ0v) is 40.8. The molecule has 53 heavy (non-hydrogen) atoms. The smallest absolute Gasteiger partial charge is 2.00 e. The number of benzene rings is 6. The van der Waals surface area contributed by atoms with E-state index >= 15 is 0 Å². The van der Waals surface area contributed by atoms with Crippen molar-refractivity contribution in [1.29, 1.82) is 0 Å². The summed E-state index contributed by atoms with van der Waals surface area (Å²) in [5.74, 6) is 1.48. The number of ether oxygens (including phenoxy) is 2. The molecule has 0 radical (unpaired) electrons. The first-order valence-electron chi connectivity index (χ1n) is 17.8. The van der Waals surface area contributed by atoms with Gasteiger partial charge in [0.1, 0.15) is 0 Å². The van der Waals surface area contributed by atoms with Gasteiger partial charge in [-0.15, -0.1) is 0 Å². The monoisotopic (exact) mass is 1020 g/mol. The molecule has 0 aromatic heterocycles. The average molecular weight is 1020 g/mol. The summed E-state index contributed by atoms with van der Waals surface area (Å²) in [6, 6.07) is 34.8.